The summed E-state index contributed by atoms with van der Waals surface area (Å²) in [5, 5.41) is 0.559. The zero-order chi connectivity index (χ0) is 18.8. The molecule has 2 rings (SSSR count). The van der Waals surface area contributed by atoms with Gasteiger partial charge in [0.2, 0.25) is 0 Å². The van der Waals surface area contributed by atoms with E-state index in [1.165, 1.54) is 18.9 Å². The number of rotatable bonds is 9. The van der Waals surface area contributed by atoms with E-state index >= 15 is 0 Å². The van der Waals surface area contributed by atoms with Gasteiger partial charge in [0, 0.05) is 5.02 Å². The lowest BCUT2D eigenvalue weighted by Crippen LogP contribution is -2.11. The molecule has 26 heavy (non-hydrogen) atoms. The first-order chi connectivity index (χ1) is 12.6. The van der Waals surface area contributed by atoms with Crippen LogP contribution >= 0.6 is 11.6 Å². The molecule has 0 aromatic heterocycles. The van der Waals surface area contributed by atoms with E-state index in [0.717, 1.165) is 19.3 Å². The number of hydrogen-bond donors (Lipinski definition) is 0. The fraction of sp³-hybridized carbons (Fsp3) is 0.333. The Morgan fingerprint density at radius 1 is 0.885 bits per heavy atom. The van der Waals surface area contributed by atoms with Crippen molar-refractivity contribution in [2.45, 2.75) is 39.0 Å². The molecule has 0 radical (unpaired) electrons. The Morgan fingerprint density at radius 2 is 1.54 bits per heavy atom. The van der Waals surface area contributed by atoms with Crippen LogP contribution in [0.1, 0.15) is 59.7 Å². The van der Waals surface area contributed by atoms with Gasteiger partial charge in [0.1, 0.15) is 5.75 Å². The fourth-order valence-electron chi connectivity index (χ4n) is 2.40. The van der Waals surface area contributed by atoms with E-state index < -0.39 is 11.9 Å². The van der Waals surface area contributed by atoms with Gasteiger partial charge in [-0.2, -0.15) is 0 Å². The van der Waals surface area contributed by atoms with E-state index in [4.69, 9.17) is 21.1 Å². The standard InChI is InChI=1S/C21H23ClO4/c1-2-3-4-5-6-14-25-20(23)16-8-7-9-17(15-16)21(24)26-19-12-10-18(22)11-13-19/h7-13,15H,2-6,14H2,1H3. The van der Waals surface area contributed by atoms with Gasteiger partial charge in [0.15, 0.2) is 0 Å². The number of carbonyl (C=O) groups is 2. The number of unbranched alkanes of at least 4 members (excludes halogenated alkanes) is 4. The number of halogens is 1. The molecule has 0 saturated heterocycles. The van der Waals surface area contributed by atoms with E-state index in [9.17, 15) is 9.59 Å². The van der Waals surface area contributed by atoms with Crippen LogP contribution in [0.25, 0.3) is 0 Å². The molecule has 2 aromatic carbocycles. The monoisotopic (exact) mass is 374 g/mol. The third-order valence-electron chi connectivity index (χ3n) is 3.84. The van der Waals surface area contributed by atoms with Gasteiger partial charge >= 0.3 is 11.9 Å². The van der Waals surface area contributed by atoms with Gasteiger partial charge in [-0.05, 0) is 48.9 Å². The zero-order valence-corrected chi connectivity index (χ0v) is 15.6. The molecule has 5 heteroatoms. The maximum absolute atomic E-state index is 12.2. The first kappa shape index (κ1) is 20.0. The van der Waals surface area contributed by atoms with Crippen LogP contribution in [0, 0.1) is 0 Å². The van der Waals surface area contributed by atoms with Crippen LogP contribution in [-0.2, 0) is 4.74 Å². The van der Waals surface area contributed by atoms with Gasteiger partial charge in [0.25, 0.3) is 0 Å². The van der Waals surface area contributed by atoms with E-state index in [1.807, 2.05) is 0 Å². The summed E-state index contributed by atoms with van der Waals surface area (Å²) in [5.74, 6) is -0.581. The lowest BCUT2D eigenvalue weighted by Gasteiger charge is -2.07. The van der Waals surface area contributed by atoms with E-state index in [1.54, 1.807) is 42.5 Å². The van der Waals surface area contributed by atoms with Gasteiger partial charge in [-0.3, -0.25) is 0 Å². The first-order valence-electron chi connectivity index (χ1n) is 8.85. The molecule has 2 aromatic rings. The Morgan fingerprint density at radius 3 is 2.23 bits per heavy atom. The SMILES string of the molecule is CCCCCCCOC(=O)c1cccc(C(=O)Oc2ccc(Cl)cc2)c1. The lowest BCUT2D eigenvalue weighted by atomic mass is 10.1. The molecule has 0 bridgehead atoms. The van der Waals surface area contributed by atoms with Crippen molar-refractivity contribution in [2.75, 3.05) is 6.61 Å². The molecule has 0 saturated carbocycles. The predicted molar refractivity (Wildman–Crippen MR) is 102 cm³/mol. The van der Waals surface area contributed by atoms with Crippen molar-refractivity contribution in [1.82, 2.24) is 0 Å². The summed E-state index contributed by atoms with van der Waals surface area (Å²) in [6.07, 6.45) is 5.43. The second-order valence-electron chi connectivity index (χ2n) is 5.97. The average molecular weight is 375 g/mol. The van der Waals surface area contributed by atoms with Crippen LogP contribution in [0.4, 0.5) is 0 Å². The van der Waals surface area contributed by atoms with Gasteiger partial charge < -0.3 is 9.47 Å². The molecule has 0 heterocycles. The number of carbonyl (C=O) groups excluding carboxylic acids is 2. The molecule has 0 atom stereocenters. The smallest absolute Gasteiger partial charge is 0.343 e. The molecule has 0 N–H and O–H groups in total. The van der Waals surface area contributed by atoms with Crippen molar-refractivity contribution >= 4 is 23.5 Å². The topological polar surface area (TPSA) is 52.6 Å². The van der Waals surface area contributed by atoms with Crippen LogP contribution in [0.5, 0.6) is 5.75 Å². The van der Waals surface area contributed by atoms with Gasteiger partial charge in [-0.25, -0.2) is 9.59 Å². The highest BCUT2D eigenvalue weighted by Gasteiger charge is 2.13. The van der Waals surface area contributed by atoms with Gasteiger partial charge in [0.05, 0.1) is 17.7 Å². The predicted octanol–water partition coefficient (Wildman–Crippen LogP) is 5.69. The Labute approximate surface area is 159 Å². The molecule has 0 amide bonds. The van der Waals surface area contributed by atoms with Crippen molar-refractivity contribution < 1.29 is 19.1 Å². The molecule has 0 aliphatic rings. The van der Waals surface area contributed by atoms with Crippen molar-refractivity contribution in [2.24, 2.45) is 0 Å². The number of ether oxygens (including phenoxy) is 2. The molecule has 4 nitrogen and oxygen atoms in total. The third kappa shape index (κ3) is 6.52. The van der Waals surface area contributed by atoms with E-state index in [0.29, 0.717) is 22.9 Å². The maximum Gasteiger partial charge on any atom is 0.343 e. The fourth-order valence-corrected chi connectivity index (χ4v) is 2.52. The van der Waals surface area contributed by atoms with Gasteiger partial charge in [-0.1, -0.05) is 50.3 Å². The summed E-state index contributed by atoms with van der Waals surface area (Å²) in [4.78, 5) is 24.3. The summed E-state index contributed by atoms with van der Waals surface area (Å²) >= 11 is 5.81. The van der Waals surface area contributed by atoms with Gasteiger partial charge in [-0.15, -0.1) is 0 Å². The second kappa shape index (κ2) is 10.6. The largest absolute Gasteiger partial charge is 0.462 e. The number of benzene rings is 2. The normalized spacial score (nSPS) is 10.4. The highest BCUT2D eigenvalue weighted by atomic mass is 35.5. The van der Waals surface area contributed by atoms with E-state index in [2.05, 4.69) is 6.92 Å². The molecule has 0 aliphatic carbocycles. The first-order valence-corrected chi connectivity index (χ1v) is 9.23. The molecule has 138 valence electrons. The van der Waals surface area contributed by atoms with E-state index in [-0.39, 0.29) is 5.56 Å². The summed E-state index contributed by atoms with van der Waals surface area (Å²) in [7, 11) is 0. The summed E-state index contributed by atoms with van der Waals surface area (Å²) in [6.45, 7) is 2.55. The summed E-state index contributed by atoms with van der Waals surface area (Å²) < 4.78 is 10.5. The van der Waals surface area contributed by atoms with Crippen molar-refractivity contribution in [3.05, 3.63) is 64.7 Å². The van der Waals surface area contributed by atoms with Crippen LogP contribution in [0.2, 0.25) is 5.02 Å². The third-order valence-corrected chi connectivity index (χ3v) is 4.09. The van der Waals surface area contributed by atoms with Crippen LogP contribution < -0.4 is 4.74 Å². The molecule has 0 spiro atoms. The highest BCUT2D eigenvalue weighted by molar-refractivity contribution is 6.30. The van der Waals surface area contributed by atoms with Crippen molar-refractivity contribution in [1.29, 1.82) is 0 Å². The minimum atomic E-state index is -0.540. The summed E-state index contributed by atoms with van der Waals surface area (Å²) in [6, 6.07) is 12.8. The minimum absolute atomic E-state index is 0.289. The van der Waals surface area contributed by atoms with Crippen molar-refractivity contribution in [3.63, 3.8) is 0 Å². The van der Waals surface area contributed by atoms with Crippen molar-refractivity contribution in [3.8, 4) is 5.75 Å². The number of esters is 2. The van der Waals surface area contributed by atoms with Crippen LogP contribution in [0.15, 0.2) is 48.5 Å². The quantitative estimate of drug-likeness (QED) is 0.321. The maximum atomic E-state index is 12.2. The highest BCUT2D eigenvalue weighted by Crippen LogP contribution is 2.17. The Hall–Kier alpha value is -2.33. The minimum Gasteiger partial charge on any atom is -0.462 e. The number of hydrogen-bond acceptors (Lipinski definition) is 4. The second-order valence-corrected chi connectivity index (χ2v) is 6.41. The molecular formula is C21H23ClO4. The molecule has 0 fully saturated rings. The average Bonchev–Trinajstić information content (AvgIpc) is 2.66. The zero-order valence-electron chi connectivity index (χ0n) is 14.9. The summed E-state index contributed by atoms with van der Waals surface area (Å²) in [5.41, 5.74) is 0.626. The Kier molecular flexibility index (Phi) is 8.16. The Bertz CT molecular complexity index is 725. The van der Waals surface area contributed by atoms with Crippen LogP contribution in [0.3, 0.4) is 0 Å². The molecular weight excluding hydrogens is 352 g/mol. The van der Waals surface area contributed by atoms with Crippen LogP contribution in [-0.4, -0.2) is 18.5 Å². The lowest BCUT2D eigenvalue weighted by molar-refractivity contribution is 0.0497. The molecule has 0 aliphatic heterocycles. The Balaban J connectivity index is 1.88. The molecule has 0 unspecified atom stereocenters.